The van der Waals surface area contributed by atoms with E-state index in [-0.39, 0.29) is 19.5 Å². The molecule has 1 unspecified atom stereocenters. The van der Waals surface area contributed by atoms with Crippen molar-refractivity contribution in [2.75, 3.05) is 26.2 Å². The van der Waals surface area contributed by atoms with Crippen LogP contribution < -0.4 is 34.0 Å². The lowest BCUT2D eigenvalue weighted by Gasteiger charge is -2.47. The lowest BCUT2D eigenvalue weighted by atomic mass is 9.84. The van der Waals surface area contributed by atoms with Gasteiger partial charge in [-0.1, -0.05) is 18.2 Å². The highest BCUT2D eigenvalue weighted by Crippen LogP contribution is 2.34. The summed E-state index contributed by atoms with van der Waals surface area (Å²) in [5.41, 5.74) is 34.8. The van der Waals surface area contributed by atoms with Crippen molar-refractivity contribution in [3.8, 4) is 0 Å². The van der Waals surface area contributed by atoms with E-state index >= 15 is 0 Å². The van der Waals surface area contributed by atoms with Gasteiger partial charge in [-0.25, -0.2) is 0 Å². The predicted octanol–water partition coefficient (Wildman–Crippen LogP) is -6.14. The van der Waals surface area contributed by atoms with Gasteiger partial charge < -0.3 is 98.2 Å². The number of fused-ring (bicyclic) bond motifs is 1. The third-order valence-electron chi connectivity index (χ3n) is 11.5. The number of nitrogens with two attached hydrogens (primary N) is 5. The number of benzene rings is 1. The molecule has 6 rings (SSSR count). The molecular formula is C35H60N6O13. The molecule has 1 saturated carbocycles. The van der Waals surface area contributed by atoms with Crippen LogP contribution in [0.25, 0.3) is 0 Å². The molecule has 19 atom stereocenters. The molecule has 2 aliphatic carbocycles. The summed E-state index contributed by atoms with van der Waals surface area (Å²) < 4.78 is 35.8. The van der Waals surface area contributed by atoms with Crippen molar-refractivity contribution in [2.45, 2.75) is 155 Å². The summed E-state index contributed by atoms with van der Waals surface area (Å²) in [5.74, 6) is 0. The number of ether oxygens (including phenoxy) is 6. The molecule has 5 aliphatic rings. The highest BCUT2D eigenvalue weighted by Gasteiger charge is 2.54. The molecule has 19 nitrogen and oxygen atoms in total. The molecular weight excluding hydrogens is 712 g/mol. The van der Waals surface area contributed by atoms with Gasteiger partial charge in [-0.15, -0.1) is 0 Å². The van der Waals surface area contributed by atoms with E-state index in [9.17, 15) is 35.7 Å². The Morgan fingerprint density at radius 3 is 1.96 bits per heavy atom. The summed E-state index contributed by atoms with van der Waals surface area (Å²) in [5, 5.41) is 78.4. The molecule has 0 radical (unpaired) electrons. The van der Waals surface area contributed by atoms with E-state index in [4.69, 9.17) is 57.1 Å². The van der Waals surface area contributed by atoms with Crippen LogP contribution in [-0.4, -0.2) is 178 Å². The molecule has 0 spiro atoms. The quantitative estimate of drug-likeness (QED) is 0.0830. The van der Waals surface area contributed by atoms with Gasteiger partial charge in [0.05, 0.1) is 24.8 Å². The zero-order valence-electron chi connectivity index (χ0n) is 30.2. The zero-order valence-corrected chi connectivity index (χ0v) is 30.2. The van der Waals surface area contributed by atoms with Crippen molar-refractivity contribution in [3.05, 3.63) is 34.9 Å². The smallest absolute Gasteiger partial charge is 0.187 e. The van der Waals surface area contributed by atoms with Crippen molar-refractivity contribution in [1.29, 1.82) is 0 Å². The highest BCUT2D eigenvalue weighted by atomic mass is 16.8. The van der Waals surface area contributed by atoms with E-state index in [0.717, 1.165) is 19.3 Å². The van der Waals surface area contributed by atoms with E-state index < -0.39 is 123 Å². The Hall–Kier alpha value is -1.54. The van der Waals surface area contributed by atoms with Crippen LogP contribution in [0.1, 0.15) is 36.0 Å². The number of rotatable bonds is 13. The molecule has 1 aromatic carbocycles. The lowest BCUT2D eigenvalue weighted by molar-refractivity contribution is -0.307. The number of aliphatic hydroxyl groups is 7. The first-order valence-electron chi connectivity index (χ1n) is 19.0. The Morgan fingerprint density at radius 1 is 0.667 bits per heavy atom. The van der Waals surface area contributed by atoms with E-state index in [1.807, 2.05) is 0 Å². The summed E-state index contributed by atoms with van der Waals surface area (Å²) in [6, 6.07) is 2.21. The van der Waals surface area contributed by atoms with Gasteiger partial charge in [0.25, 0.3) is 0 Å². The average Bonchev–Trinajstić information content (AvgIpc) is 3.47. The van der Waals surface area contributed by atoms with Gasteiger partial charge in [0.2, 0.25) is 0 Å². The first-order valence-corrected chi connectivity index (χ1v) is 19.0. The number of nitrogens with one attached hydrogen (secondary N) is 1. The van der Waals surface area contributed by atoms with Gasteiger partial charge in [0, 0.05) is 25.2 Å². The van der Waals surface area contributed by atoms with Crippen LogP contribution in [0.4, 0.5) is 0 Å². The minimum absolute atomic E-state index is 0.0967. The largest absolute Gasteiger partial charge is 0.394 e. The van der Waals surface area contributed by atoms with E-state index in [0.29, 0.717) is 6.54 Å². The molecule has 18 N–H and O–H groups in total. The molecule has 4 fully saturated rings. The van der Waals surface area contributed by atoms with Crippen LogP contribution in [0.2, 0.25) is 0 Å². The minimum Gasteiger partial charge on any atom is -0.394 e. The number of aryl methyl sites for hydroxylation is 1. The monoisotopic (exact) mass is 772 g/mol. The Morgan fingerprint density at radius 2 is 1.28 bits per heavy atom. The van der Waals surface area contributed by atoms with Gasteiger partial charge in [0.15, 0.2) is 18.9 Å². The van der Waals surface area contributed by atoms with Crippen molar-refractivity contribution in [1.82, 2.24) is 5.32 Å². The topological polar surface area (TPSA) is 339 Å². The minimum atomic E-state index is -1.61. The van der Waals surface area contributed by atoms with Crippen LogP contribution in [0, 0.1) is 0 Å². The van der Waals surface area contributed by atoms with Crippen molar-refractivity contribution in [2.24, 2.45) is 28.7 Å². The first-order chi connectivity index (χ1) is 25.8. The second kappa shape index (κ2) is 18.4. The van der Waals surface area contributed by atoms with Crippen molar-refractivity contribution >= 4 is 0 Å². The van der Waals surface area contributed by atoms with Crippen LogP contribution in [0.3, 0.4) is 0 Å². The molecule has 1 aromatic rings. The maximum Gasteiger partial charge on any atom is 0.187 e. The second-order valence-electron chi connectivity index (χ2n) is 15.2. The van der Waals surface area contributed by atoms with Crippen LogP contribution in [0.15, 0.2) is 18.2 Å². The van der Waals surface area contributed by atoms with Crippen LogP contribution in [0.5, 0.6) is 0 Å². The van der Waals surface area contributed by atoms with Crippen LogP contribution >= 0.6 is 0 Å². The molecule has 3 saturated heterocycles. The maximum absolute atomic E-state index is 11.3. The van der Waals surface area contributed by atoms with Gasteiger partial charge in [-0.3, -0.25) is 0 Å². The number of hydrogen-bond acceptors (Lipinski definition) is 19. The highest BCUT2D eigenvalue weighted by molar-refractivity contribution is 5.37. The zero-order chi connectivity index (χ0) is 38.8. The predicted molar refractivity (Wildman–Crippen MR) is 189 cm³/mol. The fourth-order valence-corrected chi connectivity index (χ4v) is 8.28. The summed E-state index contributed by atoms with van der Waals surface area (Å²) in [6.45, 7) is -0.0353. The summed E-state index contributed by atoms with van der Waals surface area (Å²) >= 11 is 0. The third-order valence-corrected chi connectivity index (χ3v) is 11.5. The molecule has 3 aliphatic heterocycles. The molecule has 54 heavy (non-hydrogen) atoms. The van der Waals surface area contributed by atoms with Gasteiger partial charge in [-0.2, -0.15) is 0 Å². The fraction of sp³-hybridized carbons (Fsp3) is 0.829. The Balaban J connectivity index is 1.10. The molecule has 0 bridgehead atoms. The number of hydrogen-bond donors (Lipinski definition) is 13. The Bertz CT molecular complexity index is 1360. The summed E-state index contributed by atoms with van der Waals surface area (Å²) in [7, 11) is 0. The second-order valence-corrected chi connectivity index (χ2v) is 15.2. The third kappa shape index (κ3) is 8.80. The van der Waals surface area contributed by atoms with Gasteiger partial charge in [0.1, 0.15) is 67.1 Å². The van der Waals surface area contributed by atoms with E-state index in [2.05, 4.69) is 23.5 Å². The van der Waals surface area contributed by atoms with Crippen LogP contribution in [-0.2, 0) is 47.7 Å². The Labute approximate surface area is 313 Å². The average molecular weight is 773 g/mol. The SMILES string of the molecule is NCC1O[C@H](O[C@H]2[C@@H](O)[C@H](O[C@@H]3[C@@H](O)[C@H](N)C[C@H](N)[C@H]3O[C@H]3O[C@H](CNCCc4cccc5c4CCCC5)[C@@H](O)[C@H](O)[C@H]3N)O[C@@H]2CO)[C@H](N)[C@@H](O)[C@@H]1O. The van der Waals surface area contributed by atoms with Gasteiger partial charge >= 0.3 is 0 Å². The first kappa shape index (κ1) is 42.1. The summed E-state index contributed by atoms with van der Waals surface area (Å²) in [6.07, 6.45) is -14.4. The molecule has 0 amide bonds. The van der Waals surface area contributed by atoms with E-state index in [1.54, 1.807) is 0 Å². The maximum atomic E-state index is 11.3. The van der Waals surface area contributed by atoms with E-state index in [1.165, 1.54) is 29.5 Å². The van der Waals surface area contributed by atoms with Crippen molar-refractivity contribution < 1.29 is 64.2 Å². The van der Waals surface area contributed by atoms with Crippen molar-refractivity contribution in [3.63, 3.8) is 0 Å². The molecule has 3 heterocycles. The summed E-state index contributed by atoms with van der Waals surface area (Å²) in [4.78, 5) is 0. The number of aliphatic hydroxyl groups excluding tert-OH is 7. The molecule has 308 valence electrons. The Kier molecular flexibility index (Phi) is 14.3. The van der Waals surface area contributed by atoms with Gasteiger partial charge in [-0.05, 0) is 61.8 Å². The normalized spacial score (nSPS) is 45.7. The molecule has 0 aromatic heterocycles. The standard InChI is InChI=1S/C35H60N6O13/c36-11-19-25(44)27(46)22(39)33(49-19)53-31-21(13-42)51-35(29(31)48)54-32-24(43)17(37)10-18(38)30(32)52-34-23(40)28(47)26(45)20(50-34)12-41-9-8-15-6-3-5-14-4-1-2-7-16(14)15/h3,5-6,17-35,41-48H,1-2,4,7-13,36-40H2/t17-,18+,19?,20-,21-,22-,23-,24+,25-,26-,27-,28-,29-,30-,31-,32-,33-,34-,35+/m1/s1. The lowest BCUT2D eigenvalue weighted by Crippen LogP contribution is -2.68. The molecule has 19 heteroatoms. The fourth-order valence-electron chi connectivity index (χ4n) is 8.28.